The predicted octanol–water partition coefficient (Wildman–Crippen LogP) is 2.95. The number of hydrogen-bond donors (Lipinski definition) is 1. The number of amides is 3. The van der Waals surface area contributed by atoms with Gasteiger partial charge in [-0.05, 0) is 55.3 Å². The number of esters is 1. The third-order valence-electron chi connectivity index (χ3n) is 5.56. The van der Waals surface area contributed by atoms with Gasteiger partial charge in [0, 0.05) is 5.69 Å². The van der Waals surface area contributed by atoms with Crippen LogP contribution in [0.1, 0.15) is 23.2 Å². The summed E-state index contributed by atoms with van der Waals surface area (Å²) in [5.74, 6) is -1.80. The van der Waals surface area contributed by atoms with E-state index in [2.05, 4.69) is 5.32 Å². The Morgan fingerprint density at radius 3 is 2.28 bits per heavy atom. The molecule has 0 bridgehead atoms. The topological polar surface area (TPSA) is 102 Å². The van der Waals surface area contributed by atoms with E-state index in [9.17, 15) is 19.2 Å². The van der Waals surface area contributed by atoms with Crippen molar-refractivity contribution >= 4 is 35.1 Å². The van der Waals surface area contributed by atoms with E-state index in [0.717, 1.165) is 4.90 Å². The summed E-state index contributed by atoms with van der Waals surface area (Å²) in [5, 5.41) is 2.62. The predicted molar refractivity (Wildman–Crippen MR) is 116 cm³/mol. The van der Waals surface area contributed by atoms with Crippen molar-refractivity contribution < 1.29 is 28.7 Å². The highest BCUT2D eigenvalue weighted by molar-refractivity contribution is 6.22. The van der Waals surface area contributed by atoms with Crippen LogP contribution in [-0.4, -0.2) is 37.4 Å². The fraction of sp³-hybridized carbons (Fsp3) is 0.250. The summed E-state index contributed by atoms with van der Waals surface area (Å²) in [6.07, 6.45) is 4.91. The van der Waals surface area contributed by atoms with E-state index in [1.54, 1.807) is 43.5 Å². The quantitative estimate of drug-likeness (QED) is 0.426. The number of imide groups is 1. The van der Waals surface area contributed by atoms with Gasteiger partial charge >= 0.3 is 5.97 Å². The number of carbonyl (C=O) groups is 4. The second kappa shape index (κ2) is 9.05. The van der Waals surface area contributed by atoms with Crippen LogP contribution in [0.15, 0.2) is 60.7 Å². The van der Waals surface area contributed by atoms with Gasteiger partial charge in [-0.15, -0.1) is 0 Å². The normalized spacial score (nSPS) is 19.5. The average Bonchev–Trinajstić information content (AvgIpc) is 3.08. The number of ether oxygens (including phenoxy) is 2. The molecule has 1 heterocycles. The first-order chi connectivity index (χ1) is 15.5. The first-order valence-corrected chi connectivity index (χ1v) is 10.2. The number of anilines is 2. The number of benzene rings is 2. The second-order valence-corrected chi connectivity index (χ2v) is 7.57. The Balaban J connectivity index is 1.38. The van der Waals surface area contributed by atoms with Gasteiger partial charge < -0.3 is 14.8 Å². The fourth-order valence-corrected chi connectivity index (χ4v) is 3.91. The summed E-state index contributed by atoms with van der Waals surface area (Å²) in [7, 11) is 1.54. The summed E-state index contributed by atoms with van der Waals surface area (Å²) in [5.41, 5.74) is 1.01. The van der Waals surface area contributed by atoms with Gasteiger partial charge in [0.1, 0.15) is 5.75 Å². The number of hydrogen-bond acceptors (Lipinski definition) is 6. The van der Waals surface area contributed by atoms with E-state index in [-0.39, 0.29) is 29.2 Å². The Morgan fingerprint density at radius 1 is 1.00 bits per heavy atom. The van der Waals surface area contributed by atoms with Gasteiger partial charge in [-0.2, -0.15) is 0 Å². The Kier molecular flexibility index (Phi) is 6.02. The van der Waals surface area contributed by atoms with Crippen molar-refractivity contribution in [1.82, 2.24) is 0 Å². The molecule has 0 aromatic heterocycles. The molecule has 0 spiro atoms. The van der Waals surface area contributed by atoms with Gasteiger partial charge in [0.25, 0.3) is 5.91 Å². The molecule has 1 saturated heterocycles. The Labute approximate surface area is 184 Å². The molecule has 4 rings (SSSR count). The molecule has 1 aliphatic heterocycles. The van der Waals surface area contributed by atoms with Crippen LogP contribution in [0.3, 0.4) is 0 Å². The standard InChI is InChI=1S/C24H22N2O6/c1-31-18-11-9-16(10-12-18)25-21(27)14-32-24(30)15-5-4-6-17(13-15)26-22(28)19-7-2-3-8-20(19)23(26)29/h2-6,9-13,19-20H,7-8,14H2,1H3,(H,25,27)/t19-,20-/m1/s1. The van der Waals surface area contributed by atoms with Crippen LogP contribution in [0.25, 0.3) is 0 Å². The molecule has 0 saturated carbocycles. The Hall–Kier alpha value is -3.94. The lowest BCUT2D eigenvalue weighted by atomic mass is 9.85. The highest BCUT2D eigenvalue weighted by Crippen LogP contribution is 2.37. The highest BCUT2D eigenvalue weighted by atomic mass is 16.5. The van der Waals surface area contributed by atoms with Gasteiger partial charge in [0.2, 0.25) is 11.8 Å². The first kappa shape index (κ1) is 21.3. The van der Waals surface area contributed by atoms with Crippen LogP contribution in [0.5, 0.6) is 5.75 Å². The van der Waals surface area contributed by atoms with Gasteiger partial charge in [-0.25, -0.2) is 4.79 Å². The van der Waals surface area contributed by atoms with Gasteiger partial charge in [0.15, 0.2) is 6.61 Å². The first-order valence-electron chi connectivity index (χ1n) is 10.2. The van der Waals surface area contributed by atoms with Gasteiger partial charge in [-0.1, -0.05) is 18.2 Å². The molecule has 164 valence electrons. The minimum Gasteiger partial charge on any atom is -0.497 e. The molecule has 2 aliphatic rings. The molecule has 1 N–H and O–H groups in total. The Bertz CT molecular complexity index is 1070. The highest BCUT2D eigenvalue weighted by Gasteiger charge is 2.47. The molecule has 8 heteroatoms. The fourth-order valence-electron chi connectivity index (χ4n) is 3.91. The molecule has 1 aliphatic carbocycles. The average molecular weight is 434 g/mol. The van der Waals surface area contributed by atoms with Crippen LogP contribution < -0.4 is 15.0 Å². The number of methoxy groups -OCH3 is 1. The maximum Gasteiger partial charge on any atom is 0.338 e. The molecule has 0 radical (unpaired) electrons. The largest absolute Gasteiger partial charge is 0.497 e. The number of carbonyl (C=O) groups excluding carboxylic acids is 4. The monoisotopic (exact) mass is 434 g/mol. The van der Waals surface area contributed by atoms with Crippen LogP contribution in [-0.2, 0) is 19.1 Å². The van der Waals surface area contributed by atoms with Crippen molar-refractivity contribution in [3.63, 3.8) is 0 Å². The second-order valence-electron chi connectivity index (χ2n) is 7.57. The van der Waals surface area contributed by atoms with Crippen molar-refractivity contribution in [2.24, 2.45) is 11.8 Å². The smallest absolute Gasteiger partial charge is 0.338 e. The minimum absolute atomic E-state index is 0.147. The number of rotatable bonds is 6. The van der Waals surface area contributed by atoms with Crippen molar-refractivity contribution in [2.75, 3.05) is 23.9 Å². The minimum atomic E-state index is -0.727. The lowest BCUT2D eigenvalue weighted by molar-refractivity contribution is -0.122. The van der Waals surface area contributed by atoms with E-state index in [1.807, 2.05) is 12.2 Å². The third-order valence-corrected chi connectivity index (χ3v) is 5.56. The van der Waals surface area contributed by atoms with E-state index in [0.29, 0.717) is 30.0 Å². The molecular weight excluding hydrogens is 412 g/mol. The lowest BCUT2D eigenvalue weighted by Crippen LogP contribution is -2.31. The summed E-state index contributed by atoms with van der Waals surface area (Å²) in [6.45, 7) is -0.480. The summed E-state index contributed by atoms with van der Waals surface area (Å²) < 4.78 is 10.2. The van der Waals surface area contributed by atoms with Crippen molar-refractivity contribution in [2.45, 2.75) is 12.8 Å². The zero-order valence-electron chi connectivity index (χ0n) is 17.4. The maximum absolute atomic E-state index is 12.8. The van der Waals surface area contributed by atoms with Crippen LogP contribution in [0, 0.1) is 11.8 Å². The van der Waals surface area contributed by atoms with Crippen LogP contribution in [0.2, 0.25) is 0 Å². The van der Waals surface area contributed by atoms with E-state index < -0.39 is 18.5 Å². The summed E-state index contributed by atoms with van der Waals surface area (Å²) in [4.78, 5) is 51.2. The van der Waals surface area contributed by atoms with Crippen LogP contribution in [0.4, 0.5) is 11.4 Å². The van der Waals surface area contributed by atoms with Crippen molar-refractivity contribution in [3.05, 3.63) is 66.2 Å². The zero-order valence-corrected chi connectivity index (χ0v) is 17.4. The third kappa shape index (κ3) is 4.25. The lowest BCUT2D eigenvalue weighted by Gasteiger charge is -2.15. The maximum atomic E-state index is 12.8. The van der Waals surface area contributed by atoms with E-state index >= 15 is 0 Å². The Morgan fingerprint density at radius 2 is 1.66 bits per heavy atom. The molecule has 8 nitrogen and oxygen atoms in total. The summed E-state index contributed by atoms with van der Waals surface area (Å²) >= 11 is 0. The molecule has 1 fully saturated rings. The molecule has 3 amide bonds. The van der Waals surface area contributed by atoms with Gasteiger partial charge in [-0.3, -0.25) is 19.3 Å². The molecular formula is C24H22N2O6. The molecule has 32 heavy (non-hydrogen) atoms. The van der Waals surface area contributed by atoms with Crippen LogP contribution >= 0.6 is 0 Å². The SMILES string of the molecule is COc1ccc(NC(=O)COC(=O)c2cccc(N3C(=O)[C@@H]4CC=CC[C@H]4C3=O)c2)cc1. The zero-order chi connectivity index (χ0) is 22.7. The number of nitrogens with zero attached hydrogens (tertiary/aromatic N) is 1. The molecule has 2 atom stereocenters. The molecule has 2 aromatic rings. The van der Waals surface area contributed by atoms with Crippen molar-refractivity contribution in [3.8, 4) is 5.75 Å². The van der Waals surface area contributed by atoms with E-state index in [1.165, 1.54) is 12.1 Å². The summed E-state index contributed by atoms with van der Waals surface area (Å²) in [6, 6.07) is 12.8. The van der Waals surface area contributed by atoms with Crippen molar-refractivity contribution in [1.29, 1.82) is 0 Å². The van der Waals surface area contributed by atoms with E-state index in [4.69, 9.17) is 9.47 Å². The number of allylic oxidation sites excluding steroid dienone is 2. The number of fused-ring (bicyclic) bond motifs is 1. The molecule has 2 aromatic carbocycles. The number of nitrogens with one attached hydrogen (secondary N) is 1. The van der Waals surface area contributed by atoms with Gasteiger partial charge in [0.05, 0.1) is 30.2 Å². The molecule has 0 unspecified atom stereocenters.